The molecule has 2 aromatic heterocycles. The molecule has 0 N–H and O–H groups in total. The van der Waals surface area contributed by atoms with E-state index in [-0.39, 0.29) is 36.2 Å². The van der Waals surface area contributed by atoms with Gasteiger partial charge in [0.2, 0.25) is 0 Å². The van der Waals surface area contributed by atoms with Gasteiger partial charge in [-0.2, -0.15) is 0 Å². The van der Waals surface area contributed by atoms with Crippen LogP contribution in [0, 0.1) is 36.3 Å². The number of hydrogen-bond acceptors (Lipinski definition) is 8. The van der Waals surface area contributed by atoms with Gasteiger partial charge >= 0.3 is 11.9 Å². The molecule has 10 nitrogen and oxygen atoms in total. The predicted molar refractivity (Wildman–Crippen MR) is 216 cm³/mol. The van der Waals surface area contributed by atoms with E-state index in [0.29, 0.717) is 67.6 Å². The highest BCUT2D eigenvalue weighted by Crippen LogP contribution is 2.35. The van der Waals surface area contributed by atoms with Gasteiger partial charge in [0.1, 0.15) is 24.3 Å². The lowest BCUT2D eigenvalue weighted by molar-refractivity contribution is 0.0508. The number of hydrogen-bond donors (Lipinski definition) is 0. The standard InChI is InChI=1S/2C23H18FN3O2/c2*1-4-15-10-11-19-17(12-15)20(16-8-6-7-9-18(16)24)26-14(3)22-21(23(28)29-5-2)25-13-27(19)22/h2*1,6-14H,5H2,2-3H3/t2*14-/m10/s1. The van der Waals surface area contributed by atoms with Crippen molar-refractivity contribution in [3.8, 4) is 36.1 Å². The van der Waals surface area contributed by atoms with E-state index in [1.807, 2.05) is 26.0 Å². The molecular weight excluding hydrogens is 739 g/mol. The predicted octanol–water partition coefficient (Wildman–Crippen LogP) is 8.16. The normalized spacial score (nSPS) is 14.8. The minimum absolute atomic E-state index is 0.199. The van der Waals surface area contributed by atoms with Crippen molar-refractivity contribution in [1.82, 2.24) is 19.1 Å². The van der Waals surface area contributed by atoms with Crippen molar-refractivity contribution in [3.63, 3.8) is 0 Å². The molecule has 2 aliphatic heterocycles. The second kappa shape index (κ2) is 16.3. The number of nitrogens with zero attached hydrogens (tertiary/aromatic N) is 6. The first-order valence-electron chi connectivity index (χ1n) is 18.5. The molecule has 0 bridgehead atoms. The number of fused-ring (bicyclic) bond motifs is 6. The van der Waals surface area contributed by atoms with Crippen molar-refractivity contribution in [2.24, 2.45) is 9.98 Å². The summed E-state index contributed by atoms with van der Waals surface area (Å²) in [6.07, 6.45) is 14.3. The van der Waals surface area contributed by atoms with Gasteiger partial charge in [0.25, 0.3) is 0 Å². The summed E-state index contributed by atoms with van der Waals surface area (Å²) in [4.78, 5) is 42.9. The van der Waals surface area contributed by atoms with Crippen molar-refractivity contribution in [2.75, 3.05) is 13.2 Å². The molecule has 58 heavy (non-hydrogen) atoms. The largest absolute Gasteiger partial charge is 0.461 e. The Morgan fingerprint density at radius 2 is 1.03 bits per heavy atom. The molecule has 0 spiro atoms. The maximum atomic E-state index is 14.7. The van der Waals surface area contributed by atoms with Crippen LogP contribution in [-0.2, 0) is 9.47 Å². The zero-order valence-corrected chi connectivity index (χ0v) is 32.0. The average molecular weight is 775 g/mol. The number of aliphatic imine (C=N–C) groups is 2. The Kier molecular flexibility index (Phi) is 10.9. The fraction of sp³-hybridized carbons (Fsp3) is 0.174. The van der Waals surface area contributed by atoms with E-state index in [9.17, 15) is 18.4 Å². The molecule has 0 aliphatic carbocycles. The summed E-state index contributed by atoms with van der Waals surface area (Å²) >= 11 is 0. The first kappa shape index (κ1) is 38.8. The fourth-order valence-electron chi connectivity index (χ4n) is 7.05. The van der Waals surface area contributed by atoms with Crippen LogP contribution in [0.1, 0.15) is 106 Å². The van der Waals surface area contributed by atoms with Crippen molar-refractivity contribution < 1.29 is 27.8 Å². The van der Waals surface area contributed by atoms with Crippen LogP contribution in [0.5, 0.6) is 0 Å². The molecule has 4 heterocycles. The topological polar surface area (TPSA) is 113 Å². The molecule has 0 unspecified atom stereocenters. The lowest BCUT2D eigenvalue weighted by Crippen LogP contribution is -2.11. The number of rotatable bonds is 6. The van der Waals surface area contributed by atoms with E-state index < -0.39 is 24.0 Å². The average Bonchev–Trinajstić information content (AvgIpc) is 3.84. The maximum Gasteiger partial charge on any atom is 0.358 e. The quantitative estimate of drug-likeness (QED) is 0.125. The number of esters is 2. The molecule has 12 heteroatoms. The van der Waals surface area contributed by atoms with E-state index in [4.69, 9.17) is 32.3 Å². The number of aromatic nitrogens is 4. The lowest BCUT2D eigenvalue weighted by Gasteiger charge is -2.13. The number of imidazole rings is 2. The second-order valence-corrected chi connectivity index (χ2v) is 13.2. The Balaban J connectivity index is 0.000000177. The molecule has 6 aromatic rings. The molecule has 0 radical (unpaired) electrons. The molecule has 0 amide bonds. The Morgan fingerprint density at radius 3 is 1.40 bits per heavy atom. The lowest BCUT2D eigenvalue weighted by atomic mass is 9.98. The van der Waals surface area contributed by atoms with Crippen molar-refractivity contribution in [2.45, 2.75) is 39.8 Å². The van der Waals surface area contributed by atoms with E-state index in [1.54, 1.807) is 96.3 Å². The Hall–Kier alpha value is -7.44. The van der Waals surface area contributed by atoms with Crippen molar-refractivity contribution in [1.29, 1.82) is 0 Å². The summed E-state index contributed by atoms with van der Waals surface area (Å²) in [6, 6.07) is 22.8. The second-order valence-electron chi connectivity index (χ2n) is 13.2. The number of ether oxygens (including phenoxy) is 2. The molecule has 4 aromatic carbocycles. The van der Waals surface area contributed by atoms with Crippen LogP contribution in [-0.4, -0.2) is 55.7 Å². The Bertz CT molecular complexity index is 2560. The number of carbonyl (C=O) groups is 2. The van der Waals surface area contributed by atoms with Crippen molar-refractivity contribution >= 4 is 23.4 Å². The van der Waals surface area contributed by atoms with Crippen LogP contribution < -0.4 is 0 Å². The minimum atomic E-state index is -0.514. The van der Waals surface area contributed by atoms with Crippen LogP contribution in [0.25, 0.3) is 11.4 Å². The number of halogens is 2. The molecule has 8 rings (SSSR count). The monoisotopic (exact) mass is 774 g/mol. The molecular formula is C46H36F2N6O4. The van der Waals surface area contributed by atoms with Crippen LogP contribution in [0.2, 0.25) is 0 Å². The van der Waals surface area contributed by atoms with Crippen LogP contribution >= 0.6 is 0 Å². The zero-order chi connectivity index (χ0) is 41.1. The third-order valence-electron chi connectivity index (χ3n) is 9.60. The number of benzene rings is 4. The maximum absolute atomic E-state index is 14.7. The number of carbonyl (C=O) groups excluding carboxylic acids is 2. The van der Waals surface area contributed by atoms with E-state index in [1.165, 1.54) is 12.1 Å². The van der Waals surface area contributed by atoms with Crippen LogP contribution in [0.4, 0.5) is 8.78 Å². The molecule has 0 saturated heterocycles. The van der Waals surface area contributed by atoms with Crippen LogP contribution in [0.3, 0.4) is 0 Å². The summed E-state index contributed by atoms with van der Waals surface area (Å²) in [5, 5.41) is 0. The SMILES string of the molecule is C#Cc1ccc2c(c1)C(c1ccccc1F)=N[C@@H](C)c1c(C(=O)OCC)ncn1-2.C#Cc1ccc2c(c1)C(c1ccccc1F)=N[C@H](C)c1c(C(=O)OCC)ncn1-2. The Morgan fingerprint density at radius 1 is 0.638 bits per heavy atom. The van der Waals surface area contributed by atoms with Crippen LogP contribution in [0.15, 0.2) is 108 Å². The van der Waals surface area contributed by atoms with Gasteiger partial charge in [-0.15, -0.1) is 12.8 Å². The molecule has 0 saturated carbocycles. The van der Waals surface area contributed by atoms with Gasteiger partial charge < -0.3 is 9.47 Å². The van der Waals surface area contributed by atoms with Gasteiger partial charge in [0.15, 0.2) is 11.4 Å². The highest BCUT2D eigenvalue weighted by molar-refractivity contribution is 6.16. The van der Waals surface area contributed by atoms with Gasteiger partial charge in [0.05, 0.1) is 59.5 Å². The molecule has 288 valence electrons. The zero-order valence-electron chi connectivity index (χ0n) is 32.0. The first-order valence-corrected chi connectivity index (χ1v) is 18.5. The van der Waals surface area contributed by atoms with E-state index in [0.717, 1.165) is 0 Å². The van der Waals surface area contributed by atoms with Gasteiger partial charge in [-0.05, 0) is 88.4 Å². The summed E-state index contributed by atoms with van der Waals surface area (Å²) in [5.41, 5.74) is 7.32. The van der Waals surface area contributed by atoms with E-state index >= 15 is 0 Å². The highest BCUT2D eigenvalue weighted by atomic mass is 19.1. The summed E-state index contributed by atoms with van der Waals surface area (Å²) in [5.74, 6) is 3.43. The van der Waals surface area contributed by atoms with Gasteiger partial charge in [-0.25, -0.2) is 28.3 Å². The van der Waals surface area contributed by atoms with Gasteiger partial charge in [-0.3, -0.25) is 19.1 Å². The van der Waals surface area contributed by atoms with E-state index in [2.05, 4.69) is 21.8 Å². The van der Waals surface area contributed by atoms with Gasteiger partial charge in [-0.1, -0.05) is 36.1 Å². The molecule has 2 atom stereocenters. The third kappa shape index (κ3) is 7.08. The smallest absolute Gasteiger partial charge is 0.358 e. The molecule has 0 fully saturated rings. The minimum Gasteiger partial charge on any atom is -0.461 e. The summed E-state index contributed by atoms with van der Waals surface area (Å²) in [6.45, 7) is 7.63. The highest BCUT2D eigenvalue weighted by Gasteiger charge is 2.31. The summed E-state index contributed by atoms with van der Waals surface area (Å²) in [7, 11) is 0. The molecule has 2 aliphatic rings. The first-order chi connectivity index (χ1) is 28.1. The number of terminal acetylenes is 2. The van der Waals surface area contributed by atoms with Crippen molar-refractivity contribution in [3.05, 3.63) is 165 Å². The fourth-order valence-corrected chi connectivity index (χ4v) is 7.05. The summed E-state index contributed by atoms with van der Waals surface area (Å²) < 4.78 is 43.2. The van der Waals surface area contributed by atoms with Gasteiger partial charge in [0, 0.05) is 33.4 Å². The Labute approximate surface area is 333 Å². The third-order valence-corrected chi connectivity index (χ3v) is 9.60.